The van der Waals surface area contributed by atoms with Crippen molar-refractivity contribution in [3.8, 4) is 0 Å². The van der Waals surface area contributed by atoms with Crippen LogP contribution in [0.1, 0.15) is 40.9 Å². The Morgan fingerprint density at radius 2 is 1.74 bits per heavy atom. The number of aryl methyl sites for hydroxylation is 2. The zero-order valence-electron chi connectivity index (χ0n) is 15.8. The molecule has 0 unspecified atom stereocenters. The second-order valence-corrected chi connectivity index (χ2v) is 6.19. The van der Waals surface area contributed by atoms with E-state index in [9.17, 15) is 14.4 Å². The number of hydrogen-bond acceptors (Lipinski definition) is 4. The van der Waals surface area contributed by atoms with E-state index in [0.717, 1.165) is 28.8 Å². The molecule has 0 aromatic heterocycles. The Morgan fingerprint density at radius 1 is 1.04 bits per heavy atom. The van der Waals surface area contributed by atoms with E-state index in [2.05, 4.69) is 10.6 Å². The van der Waals surface area contributed by atoms with Crippen molar-refractivity contribution in [3.63, 3.8) is 0 Å². The molecule has 0 bridgehead atoms. The molecular formula is C21H24N2O4. The molecule has 2 aromatic carbocycles. The largest absolute Gasteiger partial charge is 0.452 e. The van der Waals surface area contributed by atoms with Gasteiger partial charge in [0, 0.05) is 19.2 Å². The van der Waals surface area contributed by atoms with Gasteiger partial charge in [-0.2, -0.15) is 0 Å². The maximum atomic E-state index is 12.1. The van der Waals surface area contributed by atoms with Gasteiger partial charge in [-0.3, -0.25) is 9.59 Å². The van der Waals surface area contributed by atoms with Crippen LogP contribution in [0.15, 0.2) is 42.5 Å². The Morgan fingerprint density at radius 3 is 2.37 bits per heavy atom. The molecule has 2 N–H and O–H groups in total. The Kier molecular flexibility index (Phi) is 7.11. The summed E-state index contributed by atoms with van der Waals surface area (Å²) in [6.45, 7) is 5.41. The van der Waals surface area contributed by atoms with Gasteiger partial charge in [-0.05, 0) is 42.2 Å². The van der Waals surface area contributed by atoms with E-state index in [4.69, 9.17) is 4.74 Å². The van der Waals surface area contributed by atoms with Crippen LogP contribution in [-0.4, -0.2) is 24.4 Å². The molecule has 0 radical (unpaired) electrons. The molecule has 0 saturated heterocycles. The number of carbonyl (C=O) groups is 3. The van der Waals surface area contributed by atoms with Crippen LogP contribution in [0, 0.1) is 6.92 Å². The van der Waals surface area contributed by atoms with Crippen molar-refractivity contribution in [2.45, 2.75) is 33.7 Å². The second kappa shape index (κ2) is 9.52. The normalized spacial score (nSPS) is 10.2. The first-order valence-electron chi connectivity index (χ1n) is 8.79. The third kappa shape index (κ3) is 5.95. The number of esters is 1. The van der Waals surface area contributed by atoms with Crippen molar-refractivity contribution in [2.75, 3.05) is 11.9 Å². The van der Waals surface area contributed by atoms with Crippen molar-refractivity contribution in [1.82, 2.24) is 5.32 Å². The average molecular weight is 368 g/mol. The van der Waals surface area contributed by atoms with Crippen molar-refractivity contribution in [2.24, 2.45) is 0 Å². The van der Waals surface area contributed by atoms with E-state index >= 15 is 0 Å². The van der Waals surface area contributed by atoms with Gasteiger partial charge in [0.1, 0.15) is 0 Å². The Hall–Kier alpha value is -3.15. The number of carbonyl (C=O) groups excluding carboxylic acids is 3. The second-order valence-electron chi connectivity index (χ2n) is 6.19. The first-order chi connectivity index (χ1) is 12.9. The molecule has 0 fully saturated rings. The topological polar surface area (TPSA) is 84.5 Å². The number of para-hydroxylation sites is 1. The predicted octanol–water partition coefficient (Wildman–Crippen LogP) is 2.99. The number of benzene rings is 2. The molecule has 0 spiro atoms. The maximum absolute atomic E-state index is 12.1. The molecule has 6 heteroatoms. The summed E-state index contributed by atoms with van der Waals surface area (Å²) in [6, 6.07) is 12.5. The number of anilines is 1. The number of ether oxygens (including phenoxy) is 1. The predicted molar refractivity (Wildman–Crippen MR) is 103 cm³/mol. The van der Waals surface area contributed by atoms with Crippen molar-refractivity contribution < 1.29 is 19.1 Å². The summed E-state index contributed by atoms with van der Waals surface area (Å²) < 4.78 is 5.09. The molecule has 6 nitrogen and oxygen atoms in total. The molecule has 0 heterocycles. The lowest BCUT2D eigenvalue weighted by atomic mass is 10.1. The zero-order valence-corrected chi connectivity index (χ0v) is 15.8. The van der Waals surface area contributed by atoms with Gasteiger partial charge in [0.15, 0.2) is 6.61 Å². The quantitative estimate of drug-likeness (QED) is 0.736. The monoisotopic (exact) mass is 368 g/mol. The van der Waals surface area contributed by atoms with Crippen LogP contribution in [0.5, 0.6) is 0 Å². The van der Waals surface area contributed by atoms with Crippen molar-refractivity contribution in [1.29, 1.82) is 0 Å². The highest BCUT2D eigenvalue weighted by Gasteiger charge is 2.12. The Bertz CT molecular complexity index is 829. The third-order valence-corrected chi connectivity index (χ3v) is 4.07. The molecule has 0 atom stereocenters. The highest BCUT2D eigenvalue weighted by Crippen LogP contribution is 2.20. The molecule has 27 heavy (non-hydrogen) atoms. The summed E-state index contributed by atoms with van der Waals surface area (Å²) in [5.74, 6) is -1.07. The van der Waals surface area contributed by atoms with Gasteiger partial charge in [0.2, 0.25) is 5.91 Å². The minimum absolute atomic E-state index is 0.121. The highest BCUT2D eigenvalue weighted by molar-refractivity contribution is 5.96. The van der Waals surface area contributed by atoms with Crippen molar-refractivity contribution >= 4 is 23.5 Å². The summed E-state index contributed by atoms with van der Waals surface area (Å²) >= 11 is 0. The lowest BCUT2D eigenvalue weighted by Gasteiger charge is -2.13. The smallest absolute Gasteiger partial charge is 0.338 e. The summed E-state index contributed by atoms with van der Waals surface area (Å²) in [4.78, 5) is 35.2. The SMILES string of the molecule is CCc1cccc(C)c1NC(=O)COC(=O)c1ccc(CNC(C)=O)cc1. The summed E-state index contributed by atoms with van der Waals surface area (Å²) in [6.07, 6.45) is 0.794. The fraction of sp³-hybridized carbons (Fsp3) is 0.286. The van der Waals surface area contributed by atoms with Crippen LogP contribution in [0.2, 0.25) is 0 Å². The zero-order chi connectivity index (χ0) is 19.8. The van der Waals surface area contributed by atoms with Gasteiger partial charge < -0.3 is 15.4 Å². The molecule has 0 aliphatic heterocycles. The van der Waals surface area contributed by atoms with E-state index in [1.165, 1.54) is 6.92 Å². The molecule has 0 aliphatic carbocycles. The van der Waals surface area contributed by atoms with Gasteiger partial charge in [0.25, 0.3) is 5.91 Å². The summed E-state index contributed by atoms with van der Waals surface area (Å²) in [5, 5.41) is 5.50. The Labute approximate surface area is 158 Å². The van der Waals surface area contributed by atoms with Gasteiger partial charge in [-0.15, -0.1) is 0 Å². The van der Waals surface area contributed by atoms with E-state index < -0.39 is 5.97 Å². The van der Waals surface area contributed by atoms with Crippen molar-refractivity contribution in [3.05, 3.63) is 64.7 Å². The Balaban J connectivity index is 1.90. The van der Waals surface area contributed by atoms with E-state index in [1.54, 1.807) is 24.3 Å². The number of nitrogens with one attached hydrogen (secondary N) is 2. The van der Waals surface area contributed by atoms with Crippen LogP contribution < -0.4 is 10.6 Å². The third-order valence-electron chi connectivity index (χ3n) is 4.07. The number of hydrogen-bond donors (Lipinski definition) is 2. The first kappa shape index (κ1) is 20.2. The molecule has 142 valence electrons. The van der Waals surface area contributed by atoms with Crippen LogP contribution in [0.25, 0.3) is 0 Å². The lowest BCUT2D eigenvalue weighted by Crippen LogP contribution is -2.22. The first-order valence-corrected chi connectivity index (χ1v) is 8.79. The summed E-state index contributed by atoms with van der Waals surface area (Å²) in [5.41, 5.74) is 3.97. The molecule has 2 amide bonds. The molecule has 0 aliphatic rings. The van der Waals surface area contributed by atoms with E-state index in [-0.39, 0.29) is 18.4 Å². The average Bonchev–Trinajstić information content (AvgIpc) is 2.66. The maximum Gasteiger partial charge on any atom is 0.338 e. The highest BCUT2D eigenvalue weighted by atomic mass is 16.5. The minimum Gasteiger partial charge on any atom is -0.452 e. The molecule has 0 saturated carbocycles. The fourth-order valence-corrected chi connectivity index (χ4v) is 2.58. The van der Waals surface area contributed by atoms with E-state index in [0.29, 0.717) is 12.1 Å². The summed E-state index contributed by atoms with van der Waals surface area (Å²) in [7, 11) is 0. The minimum atomic E-state index is -0.572. The molecule has 2 rings (SSSR count). The number of amides is 2. The van der Waals surface area contributed by atoms with E-state index in [1.807, 2.05) is 32.0 Å². The van der Waals surface area contributed by atoms with Gasteiger partial charge >= 0.3 is 5.97 Å². The van der Waals surface area contributed by atoms with Gasteiger partial charge in [-0.1, -0.05) is 37.3 Å². The van der Waals surface area contributed by atoms with Gasteiger partial charge in [-0.25, -0.2) is 4.79 Å². The molecule has 2 aromatic rings. The molecular weight excluding hydrogens is 344 g/mol. The van der Waals surface area contributed by atoms with Crippen LogP contribution in [-0.2, 0) is 27.3 Å². The van der Waals surface area contributed by atoms with Crippen LogP contribution >= 0.6 is 0 Å². The van der Waals surface area contributed by atoms with Crippen LogP contribution in [0.4, 0.5) is 5.69 Å². The number of rotatable bonds is 7. The van der Waals surface area contributed by atoms with Gasteiger partial charge in [0.05, 0.1) is 5.56 Å². The van der Waals surface area contributed by atoms with Crippen LogP contribution in [0.3, 0.4) is 0 Å². The lowest BCUT2D eigenvalue weighted by molar-refractivity contribution is -0.119. The fourth-order valence-electron chi connectivity index (χ4n) is 2.58. The standard InChI is InChI=1S/C21H24N2O4/c1-4-17-7-5-6-14(2)20(17)23-19(25)13-27-21(26)18-10-8-16(9-11-18)12-22-15(3)24/h5-11H,4,12-13H2,1-3H3,(H,22,24)(H,23,25).